The summed E-state index contributed by atoms with van der Waals surface area (Å²) in [6.07, 6.45) is 3.95. The standard InChI is InChI=1S/C24H29N3O2/c1-15(2)27-21-11-16(3)18(12-20(21)17(4)13-24(27,5)6)14-25-26-23(29)19-9-7-8-10-22(19)28/h7-15,28H,1-6H3,(H,26,29)/b25-14-. The molecule has 2 aromatic carbocycles. The number of carbonyl (C=O) groups is 1. The number of para-hydroxylation sites is 1. The van der Waals surface area contributed by atoms with Crippen LogP contribution < -0.4 is 10.3 Å². The van der Waals surface area contributed by atoms with Crippen molar-refractivity contribution in [3.05, 3.63) is 64.7 Å². The molecule has 0 saturated heterocycles. The molecule has 0 aromatic heterocycles. The number of rotatable bonds is 4. The van der Waals surface area contributed by atoms with Gasteiger partial charge in [0.15, 0.2) is 0 Å². The number of phenolic OH excluding ortho intramolecular Hbond substituents is 1. The maximum atomic E-state index is 12.2. The van der Waals surface area contributed by atoms with E-state index >= 15 is 0 Å². The van der Waals surface area contributed by atoms with Crippen molar-refractivity contribution in [3.63, 3.8) is 0 Å². The molecule has 1 heterocycles. The van der Waals surface area contributed by atoms with Gasteiger partial charge in [-0.3, -0.25) is 4.79 Å². The van der Waals surface area contributed by atoms with Gasteiger partial charge in [0.1, 0.15) is 5.75 Å². The molecule has 0 atom stereocenters. The summed E-state index contributed by atoms with van der Waals surface area (Å²) >= 11 is 0. The third-order valence-corrected chi connectivity index (χ3v) is 5.29. The van der Waals surface area contributed by atoms with Gasteiger partial charge in [0.05, 0.1) is 17.3 Å². The van der Waals surface area contributed by atoms with Crippen LogP contribution in [0.4, 0.5) is 5.69 Å². The Balaban J connectivity index is 1.89. The predicted molar refractivity (Wildman–Crippen MR) is 120 cm³/mol. The second-order valence-electron chi connectivity index (χ2n) is 8.39. The van der Waals surface area contributed by atoms with E-state index in [9.17, 15) is 9.90 Å². The molecule has 1 amide bonds. The Bertz CT molecular complexity index is 1000. The molecule has 0 spiro atoms. The molecule has 29 heavy (non-hydrogen) atoms. The predicted octanol–water partition coefficient (Wildman–Crippen LogP) is 4.87. The smallest absolute Gasteiger partial charge is 0.275 e. The number of carbonyl (C=O) groups excluding carboxylic acids is 1. The van der Waals surface area contributed by atoms with E-state index in [1.807, 2.05) is 6.92 Å². The van der Waals surface area contributed by atoms with Crippen LogP contribution in [0.1, 0.15) is 61.7 Å². The number of allylic oxidation sites excluding steroid dienone is 1. The Kier molecular flexibility index (Phi) is 5.51. The minimum Gasteiger partial charge on any atom is -0.507 e. The van der Waals surface area contributed by atoms with Gasteiger partial charge in [-0.1, -0.05) is 18.2 Å². The van der Waals surface area contributed by atoms with Gasteiger partial charge in [0.2, 0.25) is 0 Å². The zero-order chi connectivity index (χ0) is 21.3. The number of nitrogens with zero attached hydrogens (tertiary/aromatic N) is 2. The third-order valence-electron chi connectivity index (χ3n) is 5.29. The van der Waals surface area contributed by atoms with E-state index in [1.54, 1.807) is 24.4 Å². The van der Waals surface area contributed by atoms with Gasteiger partial charge in [-0.25, -0.2) is 5.43 Å². The summed E-state index contributed by atoms with van der Waals surface area (Å²) in [5.74, 6) is -0.513. The molecule has 5 heteroatoms. The lowest BCUT2D eigenvalue weighted by molar-refractivity contribution is 0.0952. The molecule has 3 rings (SSSR count). The maximum absolute atomic E-state index is 12.2. The first kappa shape index (κ1) is 20.6. The molecule has 5 nitrogen and oxygen atoms in total. The third kappa shape index (κ3) is 4.04. The number of hydrogen-bond donors (Lipinski definition) is 2. The van der Waals surface area contributed by atoms with Gasteiger partial charge in [-0.05, 0) is 82.5 Å². The average Bonchev–Trinajstić information content (AvgIpc) is 2.61. The zero-order valence-electron chi connectivity index (χ0n) is 17.9. The number of fused-ring (bicyclic) bond motifs is 1. The lowest BCUT2D eigenvalue weighted by Crippen LogP contribution is -2.49. The van der Waals surface area contributed by atoms with E-state index in [0.29, 0.717) is 6.04 Å². The summed E-state index contributed by atoms with van der Waals surface area (Å²) in [4.78, 5) is 14.6. The number of phenols is 1. The number of benzene rings is 2. The van der Waals surface area contributed by atoms with Crippen LogP contribution >= 0.6 is 0 Å². The highest BCUT2D eigenvalue weighted by atomic mass is 16.3. The van der Waals surface area contributed by atoms with Gasteiger partial charge in [-0.15, -0.1) is 0 Å². The number of nitrogens with one attached hydrogen (secondary N) is 1. The fraction of sp³-hybridized carbons (Fsp3) is 0.333. The van der Waals surface area contributed by atoms with Crippen molar-refractivity contribution in [2.45, 2.75) is 53.1 Å². The normalized spacial score (nSPS) is 15.4. The summed E-state index contributed by atoms with van der Waals surface area (Å²) in [6, 6.07) is 11.1. The van der Waals surface area contributed by atoms with Crippen molar-refractivity contribution >= 4 is 23.4 Å². The summed E-state index contributed by atoms with van der Waals surface area (Å²) in [5, 5.41) is 13.9. The Morgan fingerprint density at radius 1 is 1.21 bits per heavy atom. The van der Waals surface area contributed by atoms with Crippen LogP contribution in [0.25, 0.3) is 5.57 Å². The van der Waals surface area contributed by atoms with Crippen molar-refractivity contribution in [2.24, 2.45) is 5.10 Å². The minimum atomic E-state index is -0.446. The highest BCUT2D eigenvalue weighted by molar-refractivity contribution is 5.97. The van der Waals surface area contributed by atoms with Crippen molar-refractivity contribution in [2.75, 3.05) is 4.90 Å². The van der Waals surface area contributed by atoms with Crippen molar-refractivity contribution < 1.29 is 9.90 Å². The summed E-state index contributed by atoms with van der Waals surface area (Å²) in [6.45, 7) is 13.1. The Hall–Kier alpha value is -3.08. The van der Waals surface area contributed by atoms with Crippen molar-refractivity contribution in [1.29, 1.82) is 0 Å². The first-order valence-electron chi connectivity index (χ1n) is 9.87. The molecule has 2 aromatic rings. The van der Waals surface area contributed by atoms with Gasteiger partial charge in [-0.2, -0.15) is 5.10 Å². The van der Waals surface area contributed by atoms with E-state index < -0.39 is 5.91 Å². The Morgan fingerprint density at radius 3 is 2.55 bits per heavy atom. The number of anilines is 1. The number of amides is 1. The van der Waals surface area contributed by atoms with Crippen LogP contribution in [0.3, 0.4) is 0 Å². The SMILES string of the molecule is CC1=CC(C)(C)N(C(C)C)c2cc(C)c(/C=N\NC(=O)c3ccccc3O)cc21. The number of hydrazone groups is 1. The van der Waals surface area contributed by atoms with Gasteiger partial charge in [0.25, 0.3) is 5.91 Å². The quantitative estimate of drug-likeness (QED) is 0.577. The lowest BCUT2D eigenvalue weighted by Gasteiger charge is -2.46. The maximum Gasteiger partial charge on any atom is 0.275 e. The molecule has 1 aliphatic heterocycles. The Labute approximate surface area is 172 Å². The fourth-order valence-corrected chi connectivity index (χ4v) is 4.18. The molecule has 0 bridgehead atoms. The van der Waals surface area contributed by atoms with Gasteiger partial charge in [0, 0.05) is 17.3 Å². The molecule has 0 radical (unpaired) electrons. The number of hydrogen-bond acceptors (Lipinski definition) is 4. The average molecular weight is 392 g/mol. The zero-order valence-corrected chi connectivity index (χ0v) is 17.9. The summed E-state index contributed by atoms with van der Waals surface area (Å²) in [5.41, 5.74) is 8.29. The molecule has 1 aliphatic rings. The highest BCUT2D eigenvalue weighted by Crippen LogP contribution is 2.41. The molecule has 2 N–H and O–H groups in total. The first-order valence-corrected chi connectivity index (χ1v) is 9.87. The molecule has 0 saturated carbocycles. The molecular weight excluding hydrogens is 362 g/mol. The van der Waals surface area contributed by atoms with Crippen LogP contribution in [0, 0.1) is 6.92 Å². The molecule has 0 aliphatic carbocycles. The second kappa shape index (κ2) is 7.74. The first-order chi connectivity index (χ1) is 13.6. The summed E-state index contributed by atoms with van der Waals surface area (Å²) < 4.78 is 0. The molecule has 0 fully saturated rings. The highest BCUT2D eigenvalue weighted by Gasteiger charge is 2.33. The van der Waals surface area contributed by atoms with Crippen LogP contribution in [-0.2, 0) is 0 Å². The van der Waals surface area contributed by atoms with Gasteiger partial charge >= 0.3 is 0 Å². The lowest BCUT2D eigenvalue weighted by atomic mass is 9.86. The van der Waals surface area contributed by atoms with Crippen LogP contribution in [0.15, 0.2) is 47.6 Å². The van der Waals surface area contributed by atoms with E-state index in [0.717, 1.165) is 11.1 Å². The fourth-order valence-electron chi connectivity index (χ4n) is 4.18. The number of aryl methyl sites for hydroxylation is 1. The molecule has 0 unspecified atom stereocenters. The largest absolute Gasteiger partial charge is 0.507 e. The summed E-state index contributed by atoms with van der Waals surface area (Å²) in [7, 11) is 0. The van der Waals surface area contributed by atoms with E-state index in [1.165, 1.54) is 22.9 Å². The van der Waals surface area contributed by atoms with Gasteiger partial charge < -0.3 is 10.0 Å². The topological polar surface area (TPSA) is 64.9 Å². The van der Waals surface area contributed by atoms with E-state index in [4.69, 9.17) is 0 Å². The van der Waals surface area contributed by atoms with Crippen molar-refractivity contribution in [3.8, 4) is 5.75 Å². The monoisotopic (exact) mass is 391 g/mol. The van der Waals surface area contributed by atoms with Crippen molar-refractivity contribution in [1.82, 2.24) is 5.43 Å². The minimum absolute atomic E-state index is 0.0566. The van der Waals surface area contributed by atoms with Crippen LogP contribution in [-0.4, -0.2) is 28.8 Å². The second-order valence-corrected chi connectivity index (χ2v) is 8.39. The Morgan fingerprint density at radius 2 is 1.90 bits per heavy atom. The number of aromatic hydroxyl groups is 1. The van der Waals surface area contributed by atoms with Crippen LogP contribution in [0.5, 0.6) is 5.75 Å². The molecule has 152 valence electrons. The van der Waals surface area contributed by atoms with E-state index in [2.05, 4.69) is 68.3 Å². The van der Waals surface area contributed by atoms with Crippen LogP contribution in [0.2, 0.25) is 0 Å². The van der Waals surface area contributed by atoms with E-state index in [-0.39, 0.29) is 16.9 Å². The molecular formula is C24H29N3O2.